The molecule has 0 saturated heterocycles. The quantitative estimate of drug-likeness (QED) is 0.154. The number of fused-ring (bicyclic) bond motifs is 13. The molecule has 0 N–H and O–H groups in total. The topological polar surface area (TPSA) is 14.8 Å². The third kappa shape index (κ3) is 5.67. The standard InChI is InChI=1S/C64H60BN3/c1-61(2,3)38-23-27-54-46(31-38)48-33-40(63(7,8)9)35-50-58(48)67(54)56-29-25-43(37-22-26-53-45(30-37)44-20-16-17-21-52(44)66(53)42-18-14-13-15-19-42)60-57(56)65(50)51-36-41(64(10,11)12)34-49-47-32-39(62(4,5)6)24-28-55(47)68(60)59(49)51/h13-36H,1-12H3. The van der Waals surface area contributed by atoms with Crippen molar-refractivity contribution in [1.82, 2.24) is 13.7 Å². The summed E-state index contributed by atoms with van der Waals surface area (Å²) in [5, 5.41) is 7.90. The van der Waals surface area contributed by atoms with Crippen LogP contribution in [0.15, 0.2) is 146 Å². The molecule has 3 aromatic heterocycles. The molecule has 0 radical (unpaired) electrons. The van der Waals surface area contributed by atoms with E-state index in [0.29, 0.717) is 0 Å². The highest BCUT2D eigenvalue weighted by molar-refractivity contribution is 7.00. The van der Waals surface area contributed by atoms with Gasteiger partial charge in [0, 0.05) is 60.3 Å². The minimum Gasteiger partial charge on any atom is -0.310 e. The molecule has 4 heteroatoms. The lowest BCUT2D eigenvalue weighted by Crippen LogP contribution is -2.60. The summed E-state index contributed by atoms with van der Waals surface area (Å²) in [6.45, 7) is 28.4. The van der Waals surface area contributed by atoms with Crippen LogP contribution in [-0.4, -0.2) is 20.4 Å². The van der Waals surface area contributed by atoms with Gasteiger partial charge in [-0.25, -0.2) is 0 Å². The van der Waals surface area contributed by atoms with E-state index in [2.05, 4.69) is 242 Å². The highest BCUT2D eigenvalue weighted by Gasteiger charge is 2.43. The Morgan fingerprint density at radius 3 is 1.41 bits per heavy atom. The van der Waals surface area contributed by atoms with Gasteiger partial charge in [0.25, 0.3) is 6.71 Å². The first-order chi connectivity index (χ1) is 32.3. The minimum atomic E-state index is -0.0600. The average molecular weight is 882 g/mol. The Morgan fingerprint density at radius 1 is 0.353 bits per heavy atom. The smallest absolute Gasteiger partial charge is 0.252 e. The summed E-state index contributed by atoms with van der Waals surface area (Å²) in [6.07, 6.45) is 0. The van der Waals surface area contributed by atoms with E-state index < -0.39 is 0 Å². The Bertz CT molecular complexity index is 3990. The summed E-state index contributed by atoms with van der Waals surface area (Å²) in [7, 11) is 0. The van der Waals surface area contributed by atoms with Gasteiger partial charge in [-0.05, 0) is 139 Å². The maximum Gasteiger partial charge on any atom is 0.252 e. The minimum absolute atomic E-state index is 0.000260. The van der Waals surface area contributed by atoms with Crippen molar-refractivity contribution in [3.63, 3.8) is 0 Å². The normalized spacial score (nSPS) is 13.9. The van der Waals surface area contributed by atoms with Crippen LogP contribution in [0, 0.1) is 0 Å². The molecule has 2 aliphatic heterocycles. The summed E-state index contributed by atoms with van der Waals surface area (Å²) < 4.78 is 7.77. The molecule has 0 unspecified atom stereocenters. The summed E-state index contributed by atoms with van der Waals surface area (Å²) in [5.74, 6) is 0. The van der Waals surface area contributed by atoms with Crippen molar-refractivity contribution in [3.05, 3.63) is 168 Å². The molecule has 11 aromatic rings. The molecular weight excluding hydrogens is 822 g/mol. The van der Waals surface area contributed by atoms with E-state index >= 15 is 0 Å². The van der Waals surface area contributed by atoms with E-state index in [1.54, 1.807) is 0 Å². The highest BCUT2D eigenvalue weighted by Crippen LogP contribution is 2.46. The molecule has 0 fully saturated rings. The molecule has 8 aromatic carbocycles. The van der Waals surface area contributed by atoms with Crippen LogP contribution in [0.1, 0.15) is 105 Å². The van der Waals surface area contributed by atoms with Crippen LogP contribution in [-0.2, 0) is 21.7 Å². The first-order valence-corrected chi connectivity index (χ1v) is 24.8. The van der Waals surface area contributed by atoms with Crippen LogP contribution >= 0.6 is 0 Å². The molecular formula is C64H60BN3. The van der Waals surface area contributed by atoms with Crippen molar-refractivity contribution in [2.75, 3.05) is 0 Å². The molecule has 0 atom stereocenters. The SMILES string of the molecule is CC(C)(C)c1ccc2c(c1)c1cc(C(C)(C)C)cc3c1n2-c1ccc(-c2ccc4c(c2)c2ccccc2n4-c2ccccc2)c2c1B3c1cc(C(C)(C)C)cc3c4cc(C(C)(C)C)ccc4n-2c13. The number of hydrogen-bond donors (Lipinski definition) is 0. The molecule has 5 heterocycles. The highest BCUT2D eigenvalue weighted by atomic mass is 15.0. The average Bonchev–Trinajstić information content (AvgIpc) is 3.93. The molecule has 68 heavy (non-hydrogen) atoms. The van der Waals surface area contributed by atoms with Gasteiger partial charge in [-0.2, -0.15) is 0 Å². The van der Waals surface area contributed by atoms with E-state index in [-0.39, 0.29) is 28.4 Å². The zero-order chi connectivity index (χ0) is 47.1. The van der Waals surface area contributed by atoms with Gasteiger partial charge in [0.1, 0.15) is 0 Å². The van der Waals surface area contributed by atoms with Crippen molar-refractivity contribution in [1.29, 1.82) is 0 Å². The number of para-hydroxylation sites is 2. The van der Waals surface area contributed by atoms with Crippen molar-refractivity contribution in [3.8, 4) is 28.2 Å². The predicted octanol–water partition coefficient (Wildman–Crippen LogP) is 15.0. The van der Waals surface area contributed by atoms with Crippen molar-refractivity contribution >= 4 is 88.5 Å². The molecule has 2 aliphatic rings. The van der Waals surface area contributed by atoms with Crippen LogP contribution in [0.5, 0.6) is 0 Å². The monoisotopic (exact) mass is 881 g/mol. The first-order valence-electron chi connectivity index (χ1n) is 24.8. The second-order valence-electron chi connectivity index (χ2n) is 24.3. The molecule has 0 bridgehead atoms. The predicted molar refractivity (Wildman–Crippen MR) is 294 cm³/mol. The van der Waals surface area contributed by atoms with Gasteiger partial charge in [-0.1, -0.05) is 156 Å². The molecule has 3 nitrogen and oxygen atoms in total. The Hall–Kier alpha value is -6.78. The van der Waals surface area contributed by atoms with Gasteiger partial charge in [-0.3, -0.25) is 0 Å². The summed E-state index contributed by atoms with van der Waals surface area (Å²) in [4.78, 5) is 0. The van der Waals surface area contributed by atoms with Crippen LogP contribution in [0.25, 0.3) is 93.6 Å². The van der Waals surface area contributed by atoms with Crippen LogP contribution in [0.2, 0.25) is 0 Å². The number of hydrogen-bond acceptors (Lipinski definition) is 0. The van der Waals surface area contributed by atoms with Gasteiger partial charge in [0.05, 0.1) is 27.8 Å². The summed E-state index contributed by atoms with van der Waals surface area (Å²) >= 11 is 0. The fourth-order valence-electron chi connectivity index (χ4n) is 12.1. The van der Waals surface area contributed by atoms with Gasteiger partial charge >= 0.3 is 0 Å². The van der Waals surface area contributed by atoms with Gasteiger partial charge in [0.15, 0.2) is 0 Å². The number of aromatic nitrogens is 3. The molecule has 334 valence electrons. The van der Waals surface area contributed by atoms with Crippen molar-refractivity contribution in [2.24, 2.45) is 0 Å². The lowest BCUT2D eigenvalue weighted by molar-refractivity contribution is 0.590. The maximum atomic E-state index is 2.69. The molecule has 13 rings (SSSR count). The van der Waals surface area contributed by atoms with Crippen molar-refractivity contribution < 1.29 is 0 Å². The largest absolute Gasteiger partial charge is 0.310 e. The van der Waals surface area contributed by atoms with E-state index in [0.717, 1.165) is 0 Å². The van der Waals surface area contributed by atoms with E-state index in [4.69, 9.17) is 0 Å². The Labute approximate surface area is 401 Å². The van der Waals surface area contributed by atoms with E-state index in [1.165, 1.54) is 132 Å². The fourth-order valence-corrected chi connectivity index (χ4v) is 12.1. The summed E-state index contributed by atoms with van der Waals surface area (Å²) in [5.41, 5.74) is 23.5. The number of nitrogens with zero attached hydrogens (tertiary/aromatic N) is 3. The zero-order valence-corrected chi connectivity index (χ0v) is 41.8. The molecule has 0 saturated carbocycles. The Kier molecular flexibility index (Phi) is 8.20. The lowest BCUT2D eigenvalue weighted by Gasteiger charge is -2.36. The molecule has 0 aliphatic carbocycles. The Balaban J connectivity index is 1.22. The summed E-state index contributed by atoms with van der Waals surface area (Å²) in [6, 6.07) is 56.8. The molecule has 0 spiro atoms. The van der Waals surface area contributed by atoms with Crippen LogP contribution in [0.3, 0.4) is 0 Å². The van der Waals surface area contributed by atoms with E-state index in [1.807, 2.05) is 0 Å². The third-order valence-electron chi connectivity index (χ3n) is 15.8. The van der Waals surface area contributed by atoms with Gasteiger partial charge in [-0.15, -0.1) is 0 Å². The third-order valence-corrected chi connectivity index (χ3v) is 15.8. The van der Waals surface area contributed by atoms with Gasteiger partial charge in [0.2, 0.25) is 0 Å². The fraction of sp³-hybridized carbons (Fsp3) is 0.250. The van der Waals surface area contributed by atoms with Gasteiger partial charge < -0.3 is 13.7 Å². The van der Waals surface area contributed by atoms with E-state index in [9.17, 15) is 0 Å². The molecule has 0 amide bonds. The van der Waals surface area contributed by atoms with Crippen LogP contribution < -0.4 is 16.4 Å². The first kappa shape index (κ1) is 41.4. The zero-order valence-electron chi connectivity index (χ0n) is 41.8. The second kappa shape index (κ2) is 13.5. The maximum absolute atomic E-state index is 2.69. The lowest BCUT2D eigenvalue weighted by atomic mass is 9.33. The van der Waals surface area contributed by atoms with Crippen LogP contribution in [0.4, 0.5) is 0 Å². The van der Waals surface area contributed by atoms with Crippen molar-refractivity contribution in [2.45, 2.75) is 105 Å². The number of benzene rings is 8. The second-order valence-corrected chi connectivity index (χ2v) is 24.3. The Morgan fingerprint density at radius 2 is 0.824 bits per heavy atom. The number of rotatable bonds is 2.